The van der Waals surface area contributed by atoms with Gasteiger partial charge in [-0.25, -0.2) is 0 Å². The molecular formula is C20H28N2O5. The molecule has 1 saturated heterocycles. The first-order chi connectivity index (χ1) is 12.8. The molecule has 3 N–H and O–H groups in total. The fourth-order valence-corrected chi connectivity index (χ4v) is 3.75. The topological polar surface area (TPSA) is 102 Å². The first-order valence-electron chi connectivity index (χ1n) is 9.33. The van der Waals surface area contributed by atoms with Crippen molar-refractivity contribution in [2.24, 2.45) is 17.1 Å². The highest BCUT2D eigenvalue weighted by molar-refractivity contribution is 6.34. The summed E-state index contributed by atoms with van der Waals surface area (Å²) < 4.78 is 11.4. The van der Waals surface area contributed by atoms with Gasteiger partial charge in [0, 0.05) is 24.4 Å². The molecule has 2 fully saturated rings. The maximum atomic E-state index is 12.1. The number of benzene rings is 1. The summed E-state index contributed by atoms with van der Waals surface area (Å²) in [5.41, 5.74) is 5.50. The molecule has 1 aromatic carbocycles. The molecule has 1 heterocycles. The average Bonchev–Trinajstić information content (AvgIpc) is 3.40. The Morgan fingerprint density at radius 1 is 1.37 bits per heavy atom. The molecule has 3 rings (SSSR count). The van der Waals surface area contributed by atoms with Crippen LogP contribution in [0.3, 0.4) is 0 Å². The molecule has 0 spiro atoms. The maximum absolute atomic E-state index is 12.1. The van der Waals surface area contributed by atoms with Crippen LogP contribution in [0.4, 0.5) is 0 Å². The van der Waals surface area contributed by atoms with Gasteiger partial charge in [-0.3, -0.25) is 9.59 Å². The fraction of sp³-hybridized carbons (Fsp3) is 0.600. The van der Waals surface area contributed by atoms with Crippen LogP contribution in [0.1, 0.15) is 38.2 Å². The lowest BCUT2D eigenvalue weighted by Crippen LogP contribution is -2.41. The van der Waals surface area contributed by atoms with E-state index in [-0.39, 0.29) is 12.5 Å². The van der Waals surface area contributed by atoms with E-state index in [1.807, 2.05) is 25.1 Å². The summed E-state index contributed by atoms with van der Waals surface area (Å²) in [5, 5.41) is 10.4. The summed E-state index contributed by atoms with van der Waals surface area (Å²) in [7, 11) is 1.60. The molecule has 1 aliphatic heterocycles. The van der Waals surface area contributed by atoms with E-state index in [2.05, 4.69) is 0 Å². The summed E-state index contributed by atoms with van der Waals surface area (Å²) in [6.45, 7) is 4.87. The third kappa shape index (κ3) is 3.88. The molecule has 148 valence electrons. The molecule has 0 radical (unpaired) electrons. The lowest BCUT2D eigenvalue weighted by molar-refractivity contribution is -0.143. The largest absolute Gasteiger partial charge is 0.493 e. The molecule has 7 nitrogen and oxygen atoms in total. The van der Waals surface area contributed by atoms with Crippen LogP contribution in [0.2, 0.25) is 0 Å². The van der Waals surface area contributed by atoms with Crippen molar-refractivity contribution in [3.8, 4) is 11.5 Å². The minimum absolute atomic E-state index is 0.157. The van der Waals surface area contributed by atoms with Crippen molar-refractivity contribution in [3.63, 3.8) is 0 Å². The third-order valence-corrected chi connectivity index (χ3v) is 5.94. The van der Waals surface area contributed by atoms with Gasteiger partial charge in [-0.15, -0.1) is 0 Å². The molecule has 0 unspecified atom stereocenters. The number of primary amides is 1. The quantitative estimate of drug-likeness (QED) is 0.728. The van der Waals surface area contributed by atoms with E-state index < -0.39 is 23.3 Å². The number of rotatable bonds is 6. The maximum Gasteiger partial charge on any atom is 0.311 e. The van der Waals surface area contributed by atoms with Gasteiger partial charge in [0.15, 0.2) is 11.5 Å². The van der Waals surface area contributed by atoms with Crippen molar-refractivity contribution in [1.82, 2.24) is 4.90 Å². The SMILES string of the molecule is COc1ccc([C@@H]2CN(C(=O)C(N)=O)C[C@@]2(C)[C@@H](C)O)cc1OCC1CC1. The van der Waals surface area contributed by atoms with Gasteiger partial charge < -0.3 is 25.2 Å². The fourth-order valence-electron chi connectivity index (χ4n) is 3.75. The molecule has 1 aliphatic carbocycles. The zero-order chi connectivity index (χ0) is 19.8. The first kappa shape index (κ1) is 19.5. The van der Waals surface area contributed by atoms with Crippen LogP contribution in [-0.2, 0) is 9.59 Å². The number of ether oxygens (including phenoxy) is 2. The van der Waals surface area contributed by atoms with Crippen LogP contribution in [-0.4, -0.2) is 54.7 Å². The Morgan fingerprint density at radius 3 is 2.63 bits per heavy atom. The van der Waals surface area contributed by atoms with Gasteiger partial charge in [-0.1, -0.05) is 13.0 Å². The third-order valence-electron chi connectivity index (χ3n) is 5.94. The number of likely N-dealkylation sites (tertiary alicyclic amines) is 1. The van der Waals surface area contributed by atoms with E-state index in [1.54, 1.807) is 14.0 Å². The van der Waals surface area contributed by atoms with Gasteiger partial charge in [-0.2, -0.15) is 0 Å². The molecule has 3 atom stereocenters. The second-order valence-electron chi connectivity index (χ2n) is 7.95. The number of hydrogen-bond acceptors (Lipinski definition) is 5. The predicted octanol–water partition coefficient (Wildman–Crippen LogP) is 1.28. The number of methoxy groups -OCH3 is 1. The van der Waals surface area contributed by atoms with Crippen LogP contribution in [0.5, 0.6) is 11.5 Å². The van der Waals surface area contributed by atoms with Crippen molar-refractivity contribution in [2.75, 3.05) is 26.8 Å². The molecule has 1 saturated carbocycles. The lowest BCUT2D eigenvalue weighted by Gasteiger charge is -2.33. The highest BCUT2D eigenvalue weighted by Gasteiger charge is 2.49. The van der Waals surface area contributed by atoms with Crippen LogP contribution >= 0.6 is 0 Å². The van der Waals surface area contributed by atoms with E-state index in [0.29, 0.717) is 30.6 Å². The van der Waals surface area contributed by atoms with Crippen LogP contribution in [0.15, 0.2) is 18.2 Å². The number of aliphatic hydroxyl groups excluding tert-OH is 1. The molecule has 0 bridgehead atoms. The Morgan fingerprint density at radius 2 is 2.07 bits per heavy atom. The lowest BCUT2D eigenvalue weighted by atomic mass is 9.72. The Kier molecular flexibility index (Phi) is 5.33. The van der Waals surface area contributed by atoms with Gasteiger partial charge in [0.2, 0.25) is 0 Å². The predicted molar refractivity (Wildman–Crippen MR) is 99.5 cm³/mol. The first-order valence-corrected chi connectivity index (χ1v) is 9.33. The van der Waals surface area contributed by atoms with E-state index in [0.717, 1.165) is 5.56 Å². The summed E-state index contributed by atoms with van der Waals surface area (Å²) in [6, 6.07) is 5.69. The monoisotopic (exact) mass is 376 g/mol. The number of carbonyl (C=O) groups excluding carboxylic acids is 2. The number of amides is 2. The summed E-state index contributed by atoms with van der Waals surface area (Å²) in [4.78, 5) is 24.9. The molecule has 0 aromatic heterocycles. The summed E-state index contributed by atoms with van der Waals surface area (Å²) >= 11 is 0. The molecule has 7 heteroatoms. The summed E-state index contributed by atoms with van der Waals surface area (Å²) in [6.07, 6.45) is 1.70. The Balaban J connectivity index is 1.90. The molecule has 2 aliphatic rings. The molecular weight excluding hydrogens is 348 g/mol. The van der Waals surface area contributed by atoms with Crippen molar-refractivity contribution < 1.29 is 24.2 Å². The van der Waals surface area contributed by atoms with Crippen molar-refractivity contribution >= 4 is 11.8 Å². The van der Waals surface area contributed by atoms with Crippen molar-refractivity contribution in [2.45, 2.75) is 38.7 Å². The Bertz CT molecular complexity index is 731. The van der Waals surface area contributed by atoms with Crippen molar-refractivity contribution in [3.05, 3.63) is 23.8 Å². The van der Waals surface area contributed by atoms with Gasteiger partial charge in [0.05, 0.1) is 19.8 Å². The molecule has 27 heavy (non-hydrogen) atoms. The summed E-state index contributed by atoms with van der Waals surface area (Å²) in [5.74, 6) is 0.0665. The highest BCUT2D eigenvalue weighted by Crippen LogP contribution is 2.47. The van der Waals surface area contributed by atoms with E-state index in [9.17, 15) is 14.7 Å². The Hall–Kier alpha value is -2.28. The normalized spacial score (nSPS) is 25.9. The minimum atomic E-state index is -0.980. The molecule has 1 aromatic rings. The number of carbonyl (C=O) groups is 2. The number of hydrogen-bond donors (Lipinski definition) is 2. The number of nitrogens with zero attached hydrogens (tertiary/aromatic N) is 1. The van der Waals surface area contributed by atoms with E-state index in [1.165, 1.54) is 17.7 Å². The van der Waals surface area contributed by atoms with Gasteiger partial charge in [0.1, 0.15) is 0 Å². The van der Waals surface area contributed by atoms with Crippen LogP contribution < -0.4 is 15.2 Å². The van der Waals surface area contributed by atoms with Gasteiger partial charge in [-0.05, 0) is 43.4 Å². The second kappa shape index (κ2) is 7.38. The van der Waals surface area contributed by atoms with Crippen molar-refractivity contribution in [1.29, 1.82) is 0 Å². The minimum Gasteiger partial charge on any atom is -0.493 e. The second-order valence-corrected chi connectivity index (χ2v) is 7.95. The molecule has 2 amide bonds. The van der Waals surface area contributed by atoms with Gasteiger partial charge >= 0.3 is 11.8 Å². The van der Waals surface area contributed by atoms with Crippen LogP contribution in [0, 0.1) is 11.3 Å². The zero-order valence-electron chi connectivity index (χ0n) is 16.1. The smallest absolute Gasteiger partial charge is 0.311 e. The van der Waals surface area contributed by atoms with E-state index >= 15 is 0 Å². The average molecular weight is 376 g/mol. The zero-order valence-corrected chi connectivity index (χ0v) is 16.1. The van der Waals surface area contributed by atoms with Crippen LogP contribution in [0.25, 0.3) is 0 Å². The van der Waals surface area contributed by atoms with Gasteiger partial charge in [0.25, 0.3) is 0 Å². The highest BCUT2D eigenvalue weighted by atomic mass is 16.5. The standard InChI is InChI=1S/C20H28N2O5/c1-12(23)20(2)11-22(19(25)18(21)24)9-15(20)14-6-7-16(26-3)17(8-14)27-10-13-4-5-13/h6-8,12-13,15,23H,4-5,9-11H2,1-3H3,(H2,21,24)/t12-,15+,20+/m1/s1. The number of aliphatic hydroxyl groups is 1. The van der Waals surface area contributed by atoms with E-state index in [4.69, 9.17) is 15.2 Å². The number of nitrogens with two attached hydrogens (primary N) is 1. The Labute approximate surface area is 159 Å².